The van der Waals surface area contributed by atoms with Gasteiger partial charge in [-0.1, -0.05) is 6.92 Å². The van der Waals surface area contributed by atoms with Gasteiger partial charge in [-0.2, -0.15) is 0 Å². The fraction of sp³-hybridized carbons (Fsp3) is 0.588. The molecule has 1 atom stereocenters. The largest absolute Gasteiger partial charge is 0.493 e. The van der Waals surface area contributed by atoms with E-state index in [4.69, 9.17) is 9.47 Å². The Bertz CT molecular complexity index is 455. The maximum Gasteiger partial charge on any atom is 0.228 e. The van der Waals surface area contributed by atoms with Gasteiger partial charge in [-0.3, -0.25) is 4.79 Å². The van der Waals surface area contributed by atoms with Gasteiger partial charge in [0.1, 0.15) is 5.75 Å². The van der Waals surface area contributed by atoms with Gasteiger partial charge in [0, 0.05) is 31.4 Å². The fourth-order valence-corrected chi connectivity index (χ4v) is 2.43. The lowest BCUT2D eigenvalue weighted by Crippen LogP contribution is -2.28. The molecule has 1 aromatic carbocycles. The van der Waals surface area contributed by atoms with Crippen molar-refractivity contribution < 1.29 is 14.3 Å². The summed E-state index contributed by atoms with van der Waals surface area (Å²) >= 11 is 0. The van der Waals surface area contributed by atoms with Crippen molar-refractivity contribution in [3.63, 3.8) is 0 Å². The standard InChI is InChI=1S/C17H26N2O3/c1-13(11-18-2)17(20)19-15-3-5-16(6-4-15)22-12-14-7-9-21-10-8-14/h3-6,13-14,18H,7-12H2,1-2H3,(H,19,20). The Labute approximate surface area is 132 Å². The maximum atomic E-state index is 11.9. The molecule has 1 amide bonds. The third-order valence-electron chi connectivity index (χ3n) is 3.91. The summed E-state index contributed by atoms with van der Waals surface area (Å²) in [5, 5.41) is 5.91. The Morgan fingerprint density at radius 2 is 2.00 bits per heavy atom. The van der Waals surface area contributed by atoms with Crippen LogP contribution >= 0.6 is 0 Å². The minimum absolute atomic E-state index is 0.0187. The summed E-state index contributed by atoms with van der Waals surface area (Å²) in [6.45, 7) is 4.97. The Hall–Kier alpha value is -1.59. The normalized spacial score (nSPS) is 17.0. The molecule has 5 heteroatoms. The molecule has 0 bridgehead atoms. The van der Waals surface area contributed by atoms with Crippen molar-refractivity contribution in [1.29, 1.82) is 0 Å². The highest BCUT2D eigenvalue weighted by atomic mass is 16.5. The van der Waals surface area contributed by atoms with Gasteiger partial charge >= 0.3 is 0 Å². The van der Waals surface area contributed by atoms with Crippen LogP contribution < -0.4 is 15.4 Å². The van der Waals surface area contributed by atoms with E-state index >= 15 is 0 Å². The van der Waals surface area contributed by atoms with Gasteiger partial charge < -0.3 is 20.1 Å². The Balaban J connectivity index is 1.78. The van der Waals surface area contributed by atoms with E-state index < -0.39 is 0 Å². The molecule has 0 aromatic heterocycles. The van der Waals surface area contributed by atoms with Crippen molar-refractivity contribution in [3.05, 3.63) is 24.3 Å². The number of benzene rings is 1. The molecule has 2 N–H and O–H groups in total. The number of amides is 1. The Kier molecular flexibility index (Phi) is 6.68. The third-order valence-corrected chi connectivity index (χ3v) is 3.91. The zero-order valence-corrected chi connectivity index (χ0v) is 13.4. The molecule has 0 radical (unpaired) electrons. The van der Waals surface area contributed by atoms with Crippen molar-refractivity contribution in [2.24, 2.45) is 11.8 Å². The molecular weight excluding hydrogens is 280 g/mol. The third kappa shape index (κ3) is 5.31. The predicted octanol–water partition coefficient (Wildman–Crippen LogP) is 2.29. The molecule has 1 unspecified atom stereocenters. The number of hydrogen-bond acceptors (Lipinski definition) is 4. The molecule has 1 fully saturated rings. The average Bonchev–Trinajstić information content (AvgIpc) is 2.55. The molecule has 1 saturated heterocycles. The van der Waals surface area contributed by atoms with Crippen molar-refractivity contribution in [1.82, 2.24) is 5.32 Å². The van der Waals surface area contributed by atoms with Crippen LogP contribution in [0.25, 0.3) is 0 Å². The van der Waals surface area contributed by atoms with Crippen LogP contribution in [0.15, 0.2) is 24.3 Å². The van der Waals surface area contributed by atoms with Gasteiger partial charge in [0.05, 0.1) is 6.61 Å². The summed E-state index contributed by atoms with van der Waals surface area (Å²) in [5.74, 6) is 1.38. The van der Waals surface area contributed by atoms with Crippen LogP contribution in [0.5, 0.6) is 5.75 Å². The first kappa shape index (κ1) is 16.8. The second-order valence-electron chi connectivity index (χ2n) is 5.84. The molecule has 1 heterocycles. The van der Waals surface area contributed by atoms with Gasteiger partial charge in [0.2, 0.25) is 5.91 Å². The van der Waals surface area contributed by atoms with E-state index in [9.17, 15) is 4.79 Å². The molecule has 122 valence electrons. The minimum Gasteiger partial charge on any atom is -0.493 e. The molecule has 1 aliphatic rings. The van der Waals surface area contributed by atoms with Gasteiger partial charge in [0.15, 0.2) is 0 Å². The highest BCUT2D eigenvalue weighted by Crippen LogP contribution is 2.20. The summed E-state index contributed by atoms with van der Waals surface area (Å²) < 4.78 is 11.2. The first-order valence-electron chi connectivity index (χ1n) is 7.95. The SMILES string of the molecule is CNCC(C)C(=O)Nc1ccc(OCC2CCOCC2)cc1. The van der Waals surface area contributed by atoms with Crippen LogP contribution in [0.3, 0.4) is 0 Å². The lowest BCUT2D eigenvalue weighted by molar-refractivity contribution is -0.119. The zero-order valence-electron chi connectivity index (χ0n) is 13.4. The molecule has 0 aliphatic carbocycles. The first-order chi connectivity index (χ1) is 10.7. The molecule has 5 nitrogen and oxygen atoms in total. The first-order valence-corrected chi connectivity index (χ1v) is 7.95. The van der Waals surface area contributed by atoms with Crippen LogP contribution in [0.4, 0.5) is 5.69 Å². The van der Waals surface area contributed by atoms with E-state index in [0.717, 1.165) is 44.1 Å². The molecule has 22 heavy (non-hydrogen) atoms. The summed E-state index contributed by atoms with van der Waals surface area (Å²) in [4.78, 5) is 11.9. The van der Waals surface area contributed by atoms with E-state index in [1.807, 2.05) is 38.2 Å². The molecule has 2 rings (SSSR count). The zero-order chi connectivity index (χ0) is 15.8. The number of rotatable bonds is 7. The molecule has 0 spiro atoms. The number of hydrogen-bond donors (Lipinski definition) is 2. The van der Waals surface area contributed by atoms with Gasteiger partial charge in [-0.15, -0.1) is 0 Å². The van der Waals surface area contributed by atoms with Crippen molar-refractivity contribution in [2.75, 3.05) is 38.7 Å². The van der Waals surface area contributed by atoms with Gasteiger partial charge in [0.25, 0.3) is 0 Å². The molecule has 1 aliphatic heterocycles. The van der Waals surface area contributed by atoms with Crippen molar-refractivity contribution in [3.8, 4) is 5.75 Å². The van der Waals surface area contributed by atoms with Crippen LogP contribution in [0.1, 0.15) is 19.8 Å². The van der Waals surface area contributed by atoms with E-state index in [1.165, 1.54) is 0 Å². The van der Waals surface area contributed by atoms with Crippen molar-refractivity contribution >= 4 is 11.6 Å². The maximum absolute atomic E-state index is 11.9. The van der Waals surface area contributed by atoms with Crippen LogP contribution in [-0.2, 0) is 9.53 Å². The van der Waals surface area contributed by atoms with Crippen LogP contribution in [-0.4, -0.2) is 39.3 Å². The average molecular weight is 306 g/mol. The van der Waals surface area contributed by atoms with E-state index in [-0.39, 0.29) is 11.8 Å². The predicted molar refractivity (Wildman–Crippen MR) is 87.2 cm³/mol. The smallest absolute Gasteiger partial charge is 0.228 e. The monoisotopic (exact) mass is 306 g/mol. The van der Waals surface area contributed by atoms with Crippen LogP contribution in [0.2, 0.25) is 0 Å². The second-order valence-corrected chi connectivity index (χ2v) is 5.84. The van der Waals surface area contributed by atoms with Crippen LogP contribution in [0, 0.1) is 11.8 Å². The number of carbonyl (C=O) groups is 1. The summed E-state index contributed by atoms with van der Waals surface area (Å²) in [7, 11) is 1.84. The number of carbonyl (C=O) groups excluding carboxylic acids is 1. The summed E-state index contributed by atoms with van der Waals surface area (Å²) in [5.41, 5.74) is 0.798. The van der Waals surface area contributed by atoms with E-state index in [1.54, 1.807) is 0 Å². The molecule has 0 saturated carbocycles. The number of ether oxygens (including phenoxy) is 2. The quantitative estimate of drug-likeness (QED) is 0.811. The molecule has 1 aromatic rings. The summed E-state index contributed by atoms with van der Waals surface area (Å²) in [6.07, 6.45) is 2.13. The molecular formula is C17H26N2O3. The highest BCUT2D eigenvalue weighted by Gasteiger charge is 2.14. The Morgan fingerprint density at radius 1 is 1.32 bits per heavy atom. The topological polar surface area (TPSA) is 59.6 Å². The lowest BCUT2D eigenvalue weighted by atomic mass is 10.0. The highest BCUT2D eigenvalue weighted by molar-refractivity contribution is 5.92. The van der Waals surface area contributed by atoms with Gasteiger partial charge in [-0.25, -0.2) is 0 Å². The van der Waals surface area contributed by atoms with Gasteiger partial charge in [-0.05, 0) is 50.1 Å². The summed E-state index contributed by atoms with van der Waals surface area (Å²) in [6, 6.07) is 7.56. The fourth-order valence-electron chi connectivity index (χ4n) is 2.43. The number of anilines is 1. The van der Waals surface area contributed by atoms with E-state index in [2.05, 4.69) is 10.6 Å². The van der Waals surface area contributed by atoms with E-state index in [0.29, 0.717) is 12.5 Å². The number of nitrogens with one attached hydrogen (secondary N) is 2. The second kappa shape index (κ2) is 8.76. The lowest BCUT2D eigenvalue weighted by Gasteiger charge is -2.22. The minimum atomic E-state index is -0.0607. The van der Waals surface area contributed by atoms with Crippen molar-refractivity contribution in [2.45, 2.75) is 19.8 Å². The Morgan fingerprint density at radius 3 is 2.64 bits per heavy atom.